The van der Waals surface area contributed by atoms with Crippen LogP contribution >= 0.6 is 0 Å². The second-order valence-electron chi connectivity index (χ2n) is 9.16. The van der Waals surface area contributed by atoms with Gasteiger partial charge in [-0.25, -0.2) is 19.3 Å². The van der Waals surface area contributed by atoms with Gasteiger partial charge in [-0.05, 0) is 43.7 Å². The van der Waals surface area contributed by atoms with Crippen LogP contribution in [0.2, 0.25) is 0 Å². The predicted octanol–water partition coefficient (Wildman–Crippen LogP) is 3.33. The summed E-state index contributed by atoms with van der Waals surface area (Å²) < 4.78 is 31.3. The fourth-order valence-corrected chi connectivity index (χ4v) is 4.24. The van der Waals surface area contributed by atoms with Crippen LogP contribution in [0.4, 0.5) is 20.4 Å². The molecule has 1 aromatic carbocycles. The first-order valence-corrected chi connectivity index (χ1v) is 11.4. The summed E-state index contributed by atoms with van der Waals surface area (Å²) in [5.74, 6) is -2.37. The molecule has 4 aromatic rings. The molecule has 0 saturated heterocycles. The first-order valence-electron chi connectivity index (χ1n) is 11.4. The lowest BCUT2D eigenvalue weighted by Gasteiger charge is -2.26. The van der Waals surface area contributed by atoms with Crippen molar-refractivity contribution in [3.63, 3.8) is 0 Å². The fourth-order valence-electron chi connectivity index (χ4n) is 4.24. The number of alkyl halides is 2. The van der Waals surface area contributed by atoms with Gasteiger partial charge in [0.05, 0.1) is 18.8 Å². The van der Waals surface area contributed by atoms with Crippen LogP contribution in [0.3, 0.4) is 0 Å². The number of allylic oxidation sites excluding steroid dienone is 1. The lowest BCUT2D eigenvalue weighted by atomic mass is 9.97. The summed E-state index contributed by atoms with van der Waals surface area (Å²) >= 11 is 0. The van der Waals surface area contributed by atoms with Crippen molar-refractivity contribution in [2.24, 2.45) is 0 Å². The molecule has 1 aliphatic rings. The summed E-state index contributed by atoms with van der Waals surface area (Å²) in [6.07, 6.45) is 3.00. The third-order valence-electron chi connectivity index (χ3n) is 5.97. The molecule has 11 heteroatoms. The summed E-state index contributed by atoms with van der Waals surface area (Å²) in [4.78, 5) is 26.5. The van der Waals surface area contributed by atoms with Gasteiger partial charge in [-0.15, -0.1) is 6.58 Å². The van der Waals surface area contributed by atoms with Crippen LogP contribution in [-0.2, 0) is 24.6 Å². The van der Waals surface area contributed by atoms with Crippen LogP contribution in [0.15, 0.2) is 60.0 Å². The van der Waals surface area contributed by atoms with Gasteiger partial charge in [-0.3, -0.25) is 4.79 Å². The third-order valence-corrected chi connectivity index (χ3v) is 5.97. The van der Waals surface area contributed by atoms with Crippen molar-refractivity contribution >= 4 is 22.7 Å². The number of halogens is 2. The van der Waals surface area contributed by atoms with Crippen LogP contribution in [0.5, 0.6) is 0 Å². The van der Waals surface area contributed by atoms with Crippen LogP contribution in [-0.4, -0.2) is 36.0 Å². The minimum absolute atomic E-state index is 0.00345. The van der Waals surface area contributed by atoms with Gasteiger partial charge in [0, 0.05) is 24.0 Å². The van der Waals surface area contributed by atoms with Gasteiger partial charge in [-0.2, -0.15) is 13.8 Å². The molecule has 4 heterocycles. The highest BCUT2D eigenvalue weighted by Gasteiger charge is 2.36. The molecule has 0 saturated carbocycles. The monoisotopic (exact) mass is 493 g/mol. The maximum atomic E-state index is 14.2. The average Bonchev–Trinajstić information content (AvgIpc) is 3.09. The molecule has 0 aliphatic carbocycles. The molecule has 0 bridgehead atoms. The molecule has 36 heavy (non-hydrogen) atoms. The third kappa shape index (κ3) is 4.16. The Bertz CT molecular complexity index is 1540. The molecule has 3 aromatic heterocycles. The smallest absolute Gasteiger partial charge is 0.285 e. The molecule has 1 aliphatic heterocycles. The fraction of sp³-hybridized carbons (Fsp3) is 0.280. The maximum absolute atomic E-state index is 14.2. The van der Waals surface area contributed by atoms with Crippen LogP contribution in [0.1, 0.15) is 30.7 Å². The SMILES string of the molecule is C=CCn1c(=O)c2cnc(Nc3ccc4c(c3)CNCC4(F)F)nc2n1-c1cccc(C(C)(C)O)n1. The van der Waals surface area contributed by atoms with E-state index in [2.05, 4.69) is 32.2 Å². The normalized spacial score (nSPS) is 15.0. The minimum atomic E-state index is -2.93. The number of rotatable bonds is 6. The summed E-state index contributed by atoms with van der Waals surface area (Å²) in [7, 11) is 0. The number of hydrogen-bond acceptors (Lipinski definition) is 7. The highest BCUT2D eigenvalue weighted by atomic mass is 19.3. The maximum Gasteiger partial charge on any atom is 0.285 e. The summed E-state index contributed by atoms with van der Waals surface area (Å²) in [5, 5.41) is 16.5. The largest absolute Gasteiger partial charge is 0.384 e. The van der Waals surface area contributed by atoms with Crippen molar-refractivity contribution in [2.75, 3.05) is 11.9 Å². The Labute approximate surface area is 205 Å². The molecule has 3 N–H and O–H groups in total. The number of aliphatic hydroxyl groups is 1. The predicted molar refractivity (Wildman–Crippen MR) is 132 cm³/mol. The zero-order valence-electron chi connectivity index (χ0n) is 19.8. The molecular formula is C25H25F2N7O2. The summed E-state index contributed by atoms with van der Waals surface area (Å²) in [6, 6.07) is 9.73. The van der Waals surface area contributed by atoms with E-state index in [0.29, 0.717) is 35.0 Å². The van der Waals surface area contributed by atoms with E-state index in [4.69, 9.17) is 0 Å². The first kappa shape index (κ1) is 23.8. The van der Waals surface area contributed by atoms with Gasteiger partial charge in [0.2, 0.25) is 5.95 Å². The van der Waals surface area contributed by atoms with Crippen molar-refractivity contribution in [2.45, 2.75) is 38.5 Å². The average molecular weight is 494 g/mol. The molecule has 0 radical (unpaired) electrons. The molecule has 0 fully saturated rings. The molecule has 5 rings (SSSR count). The topological polar surface area (TPSA) is 110 Å². The van der Waals surface area contributed by atoms with E-state index >= 15 is 0 Å². The van der Waals surface area contributed by atoms with Crippen molar-refractivity contribution in [3.05, 3.63) is 82.4 Å². The number of hydrogen-bond donors (Lipinski definition) is 3. The van der Waals surface area contributed by atoms with E-state index in [1.807, 2.05) is 0 Å². The zero-order valence-corrected chi connectivity index (χ0v) is 19.8. The number of anilines is 2. The molecule has 0 spiro atoms. The molecule has 0 unspecified atom stereocenters. The number of pyridine rings is 1. The van der Waals surface area contributed by atoms with Crippen LogP contribution in [0.25, 0.3) is 16.9 Å². The van der Waals surface area contributed by atoms with E-state index in [1.54, 1.807) is 54.9 Å². The van der Waals surface area contributed by atoms with E-state index in [-0.39, 0.29) is 29.0 Å². The summed E-state index contributed by atoms with van der Waals surface area (Å²) in [5.41, 5.74) is 0.221. The molecule has 9 nitrogen and oxygen atoms in total. The first-order chi connectivity index (χ1) is 17.1. The minimum Gasteiger partial charge on any atom is -0.384 e. The second kappa shape index (κ2) is 8.61. The zero-order chi connectivity index (χ0) is 25.7. The van der Waals surface area contributed by atoms with Gasteiger partial charge in [0.15, 0.2) is 11.5 Å². The summed E-state index contributed by atoms with van der Waals surface area (Å²) in [6.45, 7) is 7.11. The molecular weight excluding hydrogens is 468 g/mol. The van der Waals surface area contributed by atoms with Gasteiger partial charge in [-0.1, -0.05) is 18.2 Å². The number of nitrogens with one attached hydrogen (secondary N) is 2. The van der Waals surface area contributed by atoms with Crippen molar-refractivity contribution in [3.8, 4) is 5.82 Å². The Kier molecular flexibility index (Phi) is 5.68. The molecule has 186 valence electrons. The molecule has 0 atom stereocenters. The number of fused-ring (bicyclic) bond motifs is 2. The Morgan fingerprint density at radius 3 is 2.83 bits per heavy atom. The van der Waals surface area contributed by atoms with Gasteiger partial charge in [0.1, 0.15) is 11.0 Å². The number of aromatic nitrogens is 5. The van der Waals surface area contributed by atoms with Crippen molar-refractivity contribution in [1.82, 2.24) is 29.6 Å². The van der Waals surface area contributed by atoms with E-state index in [1.165, 1.54) is 16.9 Å². The van der Waals surface area contributed by atoms with Gasteiger partial charge < -0.3 is 15.7 Å². The van der Waals surface area contributed by atoms with Gasteiger partial charge >= 0.3 is 0 Å². The van der Waals surface area contributed by atoms with E-state index < -0.39 is 18.1 Å². The van der Waals surface area contributed by atoms with Crippen LogP contribution < -0.4 is 16.2 Å². The second-order valence-corrected chi connectivity index (χ2v) is 9.16. The lowest BCUT2D eigenvalue weighted by Crippen LogP contribution is -2.36. The number of nitrogens with zero attached hydrogens (tertiary/aromatic N) is 5. The van der Waals surface area contributed by atoms with Crippen molar-refractivity contribution < 1.29 is 13.9 Å². The quantitative estimate of drug-likeness (QED) is 0.354. The van der Waals surface area contributed by atoms with E-state index in [9.17, 15) is 18.7 Å². The van der Waals surface area contributed by atoms with E-state index in [0.717, 1.165) is 0 Å². The highest BCUT2D eigenvalue weighted by Crippen LogP contribution is 2.34. The Balaban J connectivity index is 1.60. The Hall–Kier alpha value is -3.96. The van der Waals surface area contributed by atoms with Gasteiger partial charge in [0.25, 0.3) is 11.5 Å². The highest BCUT2D eigenvalue weighted by molar-refractivity contribution is 5.77. The van der Waals surface area contributed by atoms with Crippen molar-refractivity contribution in [1.29, 1.82) is 0 Å². The number of benzene rings is 1. The Morgan fingerprint density at radius 1 is 1.28 bits per heavy atom. The molecule has 0 amide bonds. The standard InChI is InChI=1S/C25H25F2N7O2/c1-4-10-33-22(35)17-13-29-23(30-16-8-9-18-15(11-16)12-28-14-25(18,26)27)32-21(17)34(33)20-7-5-6-19(31-20)24(2,3)36/h4-9,11,13,28,36H,1,10,12,14H2,2-3H3,(H,29,30,32). The Morgan fingerprint density at radius 2 is 2.08 bits per heavy atom. The lowest BCUT2D eigenvalue weighted by molar-refractivity contribution is -0.0107. The van der Waals surface area contributed by atoms with Crippen LogP contribution in [0, 0.1) is 0 Å².